The lowest BCUT2D eigenvalue weighted by atomic mass is 10.2. The number of hydrogen-bond acceptors (Lipinski definition) is 1. The van der Waals surface area contributed by atoms with E-state index < -0.39 is 33.8 Å². The predicted octanol–water partition coefficient (Wildman–Crippen LogP) is 3.89. The molecule has 0 heterocycles. The van der Waals surface area contributed by atoms with Gasteiger partial charge in [-0.05, 0) is 30.3 Å². The zero-order valence-electron chi connectivity index (χ0n) is 6.95. The van der Waals surface area contributed by atoms with Gasteiger partial charge in [-0.2, -0.15) is 13.2 Å². The minimum atomic E-state index is -4.57. The molecule has 0 amide bonds. The van der Waals surface area contributed by atoms with Crippen molar-refractivity contribution < 1.29 is 22.0 Å². The number of alkyl halides is 3. The fraction of sp³-hybridized carbons (Fsp3) is 0.250. The van der Waals surface area contributed by atoms with Crippen LogP contribution in [0.5, 0.6) is 0 Å². The molecule has 6 heteroatoms. The molecule has 0 spiro atoms. The smallest absolute Gasteiger partial charge is 0.207 e. The molecule has 0 aliphatic rings. The van der Waals surface area contributed by atoms with Crippen molar-refractivity contribution in [2.75, 3.05) is 0 Å². The fourth-order valence-corrected chi connectivity index (χ4v) is 1.54. The van der Waals surface area contributed by atoms with Crippen molar-refractivity contribution in [3.8, 4) is 0 Å². The monoisotopic (exact) mass is 228 g/mol. The lowest BCUT2D eigenvalue weighted by Gasteiger charge is -2.09. The summed E-state index contributed by atoms with van der Waals surface area (Å²) in [5.74, 6) is -2.07. The van der Waals surface area contributed by atoms with Gasteiger partial charge in [0, 0.05) is 6.07 Å². The third-order valence-corrected chi connectivity index (χ3v) is 2.36. The molecule has 1 rings (SSSR count). The maximum absolute atomic E-state index is 12.9. The van der Waals surface area contributed by atoms with Gasteiger partial charge in [-0.3, -0.25) is 0 Å². The Labute approximate surface area is 81.1 Å². The summed E-state index contributed by atoms with van der Waals surface area (Å²) in [5.41, 5.74) is -4.63. The van der Waals surface area contributed by atoms with E-state index in [9.17, 15) is 22.0 Å². The molecule has 0 N–H and O–H groups in total. The van der Waals surface area contributed by atoms with E-state index in [0.29, 0.717) is 6.07 Å². The highest BCUT2D eigenvalue weighted by Gasteiger charge is 2.31. The van der Waals surface area contributed by atoms with Gasteiger partial charge in [0.15, 0.2) is 0 Å². The Kier molecular flexibility index (Phi) is 3.04. The normalized spacial score (nSPS) is 11.9. The van der Waals surface area contributed by atoms with Crippen molar-refractivity contribution in [1.29, 1.82) is 0 Å². The summed E-state index contributed by atoms with van der Waals surface area (Å²) in [6.45, 7) is 1.22. The molecule has 0 atom stereocenters. The highest BCUT2D eigenvalue weighted by molar-refractivity contribution is 8.00. The minimum absolute atomic E-state index is 0.0650. The summed E-state index contributed by atoms with van der Waals surface area (Å²) in [6, 6.07) is 1.29. The molecule has 0 saturated carbocycles. The highest BCUT2D eigenvalue weighted by atomic mass is 32.2. The van der Waals surface area contributed by atoms with Crippen LogP contribution in [0.3, 0.4) is 0 Å². The predicted molar refractivity (Wildman–Crippen MR) is 43.0 cm³/mol. The van der Waals surface area contributed by atoms with Gasteiger partial charge < -0.3 is 0 Å². The summed E-state index contributed by atoms with van der Waals surface area (Å²) in [7, 11) is 0. The van der Waals surface area contributed by atoms with E-state index in [4.69, 9.17) is 0 Å². The van der Waals surface area contributed by atoms with Crippen LogP contribution in [0.2, 0.25) is 0 Å². The van der Waals surface area contributed by atoms with E-state index in [1.807, 2.05) is 0 Å². The Hall–Kier alpha value is -0.780. The highest BCUT2D eigenvalue weighted by Crippen LogP contribution is 2.39. The van der Waals surface area contributed by atoms with Gasteiger partial charge in [0.2, 0.25) is 0 Å². The Morgan fingerprint density at radius 2 is 1.71 bits per heavy atom. The molecule has 14 heavy (non-hydrogen) atoms. The van der Waals surface area contributed by atoms with Crippen LogP contribution in [-0.2, 0) is 0 Å². The van der Waals surface area contributed by atoms with Crippen LogP contribution >= 0.6 is 11.8 Å². The maximum Gasteiger partial charge on any atom is 0.446 e. The number of halogens is 5. The first kappa shape index (κ1) is 11.3. The molecule has 0 fully saturated rings. The van der Waals surface area contributed by atoms with Crippen LogP contribution in [0.15, 0.2) is 17.0 Å². The largest absolute Gasteiger partial charge is 0.446 e. The Morgan fingerprint density at radius 3 is 2.14 bits per heavy atom. The summed E-state index contributed by atoms with van der Waals surface area (Å²) < 4.78 is 61.1. The molecule has 0 saturated heterocycles. The molecule has 1 aromatic carbocycles. The quantitative estimate of drug-likeness (QED) is 0.519. The second-order valence-corrected chi connectivity index (χ2v) is 3.66. The SMILES string of the molecule is Cc1cc(F)cc(F)c1SC(F)(F)F. The lowest BCUT2D eigenvalue weighted by Crippen LogP contribution is -2.02. The maximum atomic E-state index is 12.9. The number of aryl methyl sites for hydroxylation is 1. The van der Waals surface area contributed by atoms with Crippen molar-refractivity contribution in [3.05, 3.63) is 29.3 Å². The van der Waals surface area contributed by atoms with E-state index in [1.54, 1.807) is 0 Å². The average molecular weight is 228 g/mol. The number of hydrogen-bond donors (Lipinski definition) is 0. The van der Waals surface area contributed by atoms with Gasteiger partial charge >= 0.3 is 5.51 Å². The zero-order chi connectivity index (χ0) is 10.9. The lowest BCUT2D eigenvalue weighted by molar-refractivity contribution is -0.0329. The third kappa shape index (κ3) is 2.87. The molecular formula is C8H5F5S. The topological polar surface area (TPSA) is 0 Å². The number of rotatable bonds is 1. The van der Waals surface area contributed by atoms with Crippen LogP contribution in [0.4, 0.5) is 22.0 Å². The second-order valence-electron chi connectivity index (χ2n) is 2.58. The first-order valence-electron chi connectivity index (χ1n) is 3.51. The zero-order valence-corrected chi connectivity index (χ0v) is 7.77. The molecule has 0 bridgehead atoms. The van der Waals surface area contributed by atoms with E-state index in [1.165, 1.54) is 6.92 Å². The molecule has 0 nitrogen and oxygen atoms in total. The summed E-state index contributed by atoms with van der Waals surface area (Å²) in [5, 5.41) is 0. The molecule has 78 valence electrons. The Morgan fingerprint density at radius 1 is 1.14 bits per heavy atom. The van der Waals surface area contributed by atoms with Gasteiger partial charge in [0.05, 0.1) is 4.90 Å². The van der Waals surface area contributed by atoms with E-state index >= 15 is 0 Å². The van der Waals surface area contributed by atoms with Crippen molar-refractivity contribution in [3.63, 3.8) is 0 Å². The van der Waals surface area contributed by atoms with Crippen LogP contribution in [0.25, 0.3) is 0 Å². The van der Waals surface area contributed by atoms with Crippen molar-refractivity contribution in [1.82, 2.24) is 0 Å². The van der Waals surface area contributed by atoms with Crippen molar-refractivity contribution in [2.24, 2.45) is 0 Å². The number of thioether (sulfide) groups is 1. The first-order valence-corrected chi connectivity index (χ1v) is 4.32. The van der Waals surface area contributed by atoms with Gasteiger partial charge in [0.25, 0.3) is 0 Å². The van der Waals surface area contributed by atoms with E-state index in [0.717, 1.165) is 6.07 Å². The van der Waals surface area contributed by atoms with E-state index in [2.05, 4.69) is 0 Å². The van der Waals surface area contributed by atoms with Crippen molar-refractivity contribution >= 4 is 11.8 Å². The molecule has 0 unspecified atom stereocenters. The molecule has 1 aromatic rings. The molecule has 0 aromatic heterocycles. The van der Waals surface area contributed by atoms with Gasteiger partial charge in [-0.15, -0.1) is 0 Å². The van der Waals surface area contributed by atoms with Crippen LogP contribution in [0, 0.1) is 18.6 Å². The van der Waals surface area contributed by atoms with Gasteiger partial charge in [-0.25, -0.2) is 8.78 Å². The number of benzene rings is 1. The molecule has 0 radical (unpaired) electrons. The Bertz CT molecular complexity index is 321. The van der Waals surface area contributed by atoms with Gasteiger partial charge in [-0.1, -0.05) is 0 Å². The van der Waals surface area contributed by atoms with E-state index in [-0.39, 0.29) is 5.56 Å². The average Bonchev–Trinajstić information content (AvgIpc) is 1.95. The van der Waals surface area contributed by atoms with Crippen LogP contribution < -0.4 is 0 Å². The second kappa shape index (κ2) is 3.76. The van der Waals surface area contributed by atoms with Crippen LogP contribution in [0.1, 0.15) is 5.56 Å². The third-order valence-electron chi connectivity index (χ3n) is 1.41. The van der Waals surface area contributed by atoms with Crippen LogP contribution in [-0.4, -0.2) is 5.51 Å². The van der Waals surface area contributed by atoms with Gasteiger partial charge in [0.1, 0.15) is 11.6 Å². The minimum Gasteiger partial charge on any atom is -0.207 e. The van der Waals surface area contributed by atoms with Crippen molar-refractivity contribution in [2.45, 2.75) is 17.3 Å². The standard InChI is InChI=1S/C8H5F5S/c1-4-2-5(9)3-6(10)7(4)14-8(11,12)13/h2-3H,1H3. The summed E-state index contributed by atoms with van der Waals surface area (Å²) in [6.07, 6.45) is 0. The fourth-order valence-electron chi connectivity index (χ4n) is 0.934. The molecule has 0 aliphatic carbocycles. The molecule has 0 aliphatic heterocycles. The summed E-state index contributed by atoms with van der Waals surface area (Å²) >= 11 is -0.579. The first-order chi connectivity index (χ1) is 6.29. The molecular weight excluding hydrogens is 223 g/mol. The Balaban J connectivity index is 3.09. The summed E-state index contributed by atoms with van der Waals surface area (Å²) in [4.78, 5) is -0.584.